The summed E-state index contributed by atoms with van der Waals surface area (Å²) in [7, 11) is 0. The normalized spacial score (nSPS) is 12.8. The Labute approximate surface area is 116 Å². The Morgan fingerprint density at radius 2 is 2.20 bits per heavy atom. The van der Waals surface area contributed by atoms with Gasteiger partial charge >= 0.3 is 0 Å². The van der Waals surface area contributed by atoms with E-state index < -0.39 is 17.8 Å². The third-order valence-electron chi connectivity index (χ3n) is 3.22. The summed E-state index contributed by atoms with van der Waals surface area (Å²) >= 11 is 0. The van der Waals surface area contributed by atoms with Crippen molar-refractivity contribution in [2.45, 2.75) is 26.4 Å². The lowest BCUT2D eigenvalue weighted by Crippen LogP contribution is -2.28. The van der Waals surface area contributed by atoms with Crippen LogP contribution < -0.4 is 5.32 Å². The van der Waals surface area contributed by atoms with E-state index in [1.54, 1.807) is 12.1 Å². The van der Waals surface area contributed by atoms with Crippen molar-refractivity contribution < 1.29 is 18.7 Å². The number of fused-ring (bicyclic) bond motifs is 1. The van der Waals surface area contributed by atoms with Gasteiger partial charge in [0.15, 0.2) is 17.2 Å². The standard InChI is InChI=1S/C15H18FNO3/c1-9(2)12(18)6-7-17-15(19)13-8-10-4-3-5-11(16)14(10)20-13/h3-5,8-9,12,18H,6-7H2,1-2H3,(H,17,19). The monoisotopic (exact) mass is 279 g/mol. The number of hydrogen-bond donors (Lipinski definition) is 2. The number of carbonyl (C=O) groups excluding carboxylic acids is 1. The Bertz CT molecular complexity index is 606. The smallest absolute Gasteiger partial charge is 0.287 e. The molecular weight excluding hydrogens is 261 g/mol. The van der Waals surface area contributed by atoms with Gasteiger partial charge in [-0.1, -0.05) is 26.0 Å². The number of furan rings is 1. The van der Waals surface area contributed by atoms with Gasteiger partial charge < -0.3 is 14.8 Å². The van der Waals surface area contributed by atoms with Gasteiger partial charge in [0.05, 0.1) is 6.10 Å². The molecular formula is C15H18FNO3. The molecule has 2 aromatic rings. The third-order valence-corrected chi connectivity index (χ3v) is 3.22. The first-order valence-corrected chi connectivity index (χ1v) is 6.63. The second-order valence-electron chi connectivity index (χ2n) is 5.12. The largest absolute Gasteiger partial charge is 0.448 e. The van der Waals surface area contributed by atoms with E-state index in [1.807, 2.05) is 13.8 Å². The molecule has 0 aliphatic rings. The highest BCUT2D eigenvalue weighted by Gasteiger charge is 2.15. The first-order valence-electron chi connectivity index (χ1n) is 6.63. The predicted octanol–water partition coefficient (Wildman–Crippen LogP) is 2.71. The summed E-state index contributed by atoms with van der Waals surface area (Å²) in [5, 5.41) is 12.8. The first-order chi connectivity index (χ1) is 9.49. The Morgan fingerprint density at radius 3 is 2.85 bits per heavy atom. The number of halogens is 1. The van der Waals surface area contributed by atoms with Crippen LogP contribution in [0.15, 0.2) is 28.7 Å². The Morgan fingerprint density at radius 1 is 1.45 bits per heavy atom. The van der Waals surface area contributed by atoms with Gasteiger partial charge in [-0.15, -0.1) is 0 Å². The lowest BCUT2D eigenvalue weighted by Gasteiger charge is -2.13. The molecule has 1 amide bonds. The molecule has 0 fully saturated rings. The minimum Gasteiger partial charge on any atom is -0.448 e. The molecule has 4 nitrogen and oxygen atoms in total. The van der Waals surface area contributed by atoms with Crippen molar-refractivity contribution in [3.05, 3.63) is 35.8 Å². The van der Waals surface area contributed by atoms with Crippen molar-refractivity contribution in [1.29, 1.82) is 0 Å². The van der Waals surface area contributed by atoms with Gasteiger partial charge in [-0.25, -0.2) is 4.39 Å². The van der Waals surface area contributed by atoms with Crippen LogP contribution in [0, 0.1) is 11.7 Å². The number of amides is 1. The molecule has 5 heteroatoms. The molecule has 0 radical (unpaired) electrons. The van der Waals surface area contributed by atoms with E-state index in [4.69, 9.17) is 4.42 Å². The van der Waals surface area contributed by atoms with Crippen molar-refractivity contribution in [2.24, 2.45) is 5.92 Å². The van der Waals surface area contributed by atoms with Crippen LogP contribution in [-0.2, 0) is 0 Å². The SMILES string of the molecule is CC(C)C(O)CCNC(=O)c1cc2cccc(F)c2o1. The molecule has 2 rings (SSSR count). The molecule has 1 aromatic heterocycles. The highest BCUT2D eigenvalue weighted by atomic mass is 19.1. The number of hydrogen-bond acceptors (Lipinski definition) is 3. The summed E-state index contributed by atoms with van der Waals surface area (Å²) in [6.07, 6.45) is 0.0151. The van der Waals surface area contributed by atoms with Gasteiger partial charge in [0.25, 0.3) is 5.91 Å². The fourth-order valence-corrected chi connectivity index (χ4v) is 1.89. The highest BCUT2D eigenvalue weighted by molar-refractivity contribution is 5.96. The zero-order chi connectivity index (χ0) is 14.7. The van der Waals surface area contributed by atoms with Crippen molar-refractivity contribution in [3.63, 3.8) is 0 Å². The summed E-state index contributed by atoms with van der Waals surface area (Å²) in [6.45, 7) is 4.17. The van der Waals surface area contributed by atoms with E-state index in [0.717, 1.165) is 0 Å². The van der Waals surface area contributed by atoms with Gasteiger partial charge in [-0.05, 0) is 24.5 Å². The topological polar surface area (TPSA) is 62.5 Å². The number of para-hydroxylation sites is 1. The van der Waals surface area contributed by atoms with Crippen molar-refractivity contribution in [3.8, 4) is 0 Å². The van der Waals surface area contributed by atoms with E-state index in [2.05, 4.69) is 5.32 Å². The molecule has 0 saturated carbocycles. The number of nitrogens with one attached hydrogen (secondary N) is 1. The van der Waals surface area contributed by atoms with Gasteiger partial charge in [0.2, 0.25) is 0 Å². The predicted molar refractivity (Wildman–Crippen MR) is 74.0 cm³/mol. The number of rotatable bonds is 5. The minimum absolute atomic E-state index is 0.0733. The van der Waals surface area contributed by atoms with Crippen molar-refractivity contribution in [1.82, 2.24) is 5.32 Å². The fourth-order valence-electron chi connectivity index (χ4n) is 1.89. The molecule has 2 N–H and O–H groups in total. The second kappa shape index (κ2) is 6.05. The minimum atomic E-state index is -0.489. The average molecular weight is 279 g/mol. The molecule has 0 bridgehead atoms. The Balaban J connectivity index is 1.99. The van der Waals surface area contributed by atoms with Crippen LogP contribution >= 0.6 is 0 Å². The molecule has 0 aliphatic heterocycles. The summed E-state index contributed by atoms with van der Waals surface area (Å²) in [5.41, 5.74) is 0.0832. The number of aliphatic hydroxyl groups excluding tert-OH is 1. The molecule has 0 spiro atoms. The molecule has 20 heavy (non-hydrogen) atoms. The van der Waals surface area contributed by atoms with Gasteiger partial charge in [0.1, 0.15) is 0 Å². The molecule has 1 aromatic carbocycles. The molecule has 108 valence electrons. The van der Waals surface area contributed by atoms with Gasteiger partial charge in [-0.3, -0.25) is 4.79 Å². The second-order valence-corrected chi connectivity index (χ2v) is 5.12. The van der Waals surface area contributed by atoms with Crippen LogP contribution in [-0.4, -0.2) is 23.7 Å². The molecule has 1 heterocycles. The lowest BCUT2D eigenvalue weighted by molar-refractivity contribution is 0.0896. The van der Waals surface area contributed by atoms with E-state index in [0.29, 0.717) is 18.4 Å². The van der Waals surface area contributed by atoms with Crippen LogP contribution in [0.2, 0.25) is 0 Å². The van der Waals surface area contributed by atoms with Gasteiger partial charge in [-0.2, -0.15) is 0 Å². The maximum atomic E-state index is 13.5. The summed E-state index contributed by atoms with van der Waals surface area (Å²) in [4.78, 5) is 11.9. The van der Waals surface area contributed by atoms with Crippen LogP contribution in [0.4, 0.5) is 4.39 Å². The highest BCUT2D eigenvalue weighted by Crippen LogP contribution is 2.21. The maximum Gasteiger partial charge on any atom is 0.287 e. The van der Waals surface area contributed by atoms with E-state index in [1.165, 1.54) is 12.1 Å². The van der Waals surface area contributed by atoms with E-state index >= 15 is 0 Å². The number of benzene rings is 1. The summed E-state index contributed by atoms with van der Waals surface area (Å²) < 4.78 is 18.7. The maximum absolute atomic E-state index is 13.5. The Kier molecular flexibility index (Phi) is 4.39. The zero-order valence-electron chi connectivity index (χ0n) is 11.5. The van der Waals surface area contributed by atoms with Crippen molar-refractivity contribution >= 4 is 16.9 Å². The lowest BCUT2D eigenvalue weighted by atomic mass is 10.0. The molecule has 0 saturated heterocycles. The van der Waals surface area contributed by atoms with Gasteiger partial charge in [0, 0.05) is 11.9 Å². The van der Waals surface area contributed by atoms with Crippen LogP contribution in [0.5, 0.6) is 0 Å². The number of aliphatic hydroxyl groups is 1. The number of carbonyl (C=O) groups is 1. The zero-order valence-corrected chi connectivity index (χ0v) is 11.5. The van der Waals surface area contributed by atoms with Crippen LogP contribution in [0.1, 0.15) is 30.8 Å². The molecule has 1 unspecified atom stereocenters. The quantitative estimate of drug-likeness (QED) is 0.884. The average Bonchev–Trinajstić information content (AvgIpc) is 2.84. The van der Waals surface area contributed by atoms with Crippen molar-refractivity contribution in [2.75, 3.05) is 6.54 Å². The Hall–Kier alpha value is -1.88. The first kappa shape index (κ1) is 14.5. The third kappa shape index (κ3) is 3.17. The van der Waals surface area contributed by atoms with Crippen LogP contribution in [0.25, 0.3) is 11.0 Å². The van der Waals surface area contributed by atoms with E-state index in [-0.39, 0.29) is 17.3 Å². The summed E-state index contributed by atoms with van der Waals surface area (Å²) in [5.74, 6) is -0.676. The molecule has 1 atom stereocenters. The molecule has 0 aliphatic carbocycles. The van der Waals surface area contributed by atoms with E-state index in [9.17, 15) is 14.3 Å². The fraction of sp³-hybridized carbons (Fsp3) is 0.400. The van der Waals surface area contributed by atoms with Crippen LogP contribution in [0.3, 0.4) is 0 Å². The summed E-state index contributed by atoms with van der Waals surface area (Å²) in [6, 6.07) is 6.04.